The van der Waals surface area contributed by atoms with Crippen molar-refractivity contribution in [2.24, 2.45) is 5.73 Å². The van der Waals surface area contributed by atoms with Crippen LogP contribution in [0.4, 0.5) is 0 Å². The third-order valence-corrected chi connectivity index (χ3v) is 3.64. The number of hydrogen-bond donors (Lipinski definition) is 1. The van der Waals surface area contributed by atoms with Crippen LogP contribution < -0.4 is 5.73 Å². The van der Waals surface area contributed by atoms with Crippen molar-refractivity contribution in [3.8, 4) is 0 Å². The van der Waals surface area contributed by atoms with E-state index in [1.807, 2.05) is 19.1 Å². The van der Waals surface area contributed by atoms with Gasteiger partial charge in [-0.25, -0.2) is 0 Å². The van der Waals surface area contributed by atoms with E-state index in [1.165, 1.54) is 0 Å². The largest absolute Gasteiger partial charge is 0.313 e. The van der Waals surface area contributed by atoms with Gasteiger partial charge in [0.05, 0.1) is 5.66 Å². The van der Waals surface area contributed by atoms with Crippen molar-refractivity contribution in [1.82, 2.24) is 4.90 Å². The standard InChI is InChI=1S/C13H20Cl2N2/c1-4-17(5-2)13(3,16)9-10-6-7-11(14)8-12(10)15/h6-8H,4-5,9,16H2,1-3H3. The van der Waals surface area contributed by atoms with E-state index < -0.39 is 0 Å². The molecule has 1 rings (SSSR count). The van der Waals surface area contributed by atoms with E-state index in [4.69, 9.17) is 28.9 Å². The Labute approximate surface area is 114 Å². The van der Waals surface area contributed by atoms with Crippen LogP contribution in [0.15, 0.2) is 18.2 Å². The minimum Gasteiger partial charge on any atom is -0.313 e. The predicted octanol–water partition coefficient (Wildman–Crippen LogP) is 3.55. The fourth-order valence-electron chi connectivity index (χ4n) is 2.11. The van der Waals surface area contributed by atoms with Crippen LogP contribution in [0.1, 0.15) is 26.3 Å². The fraction of sp³-hybridized carbons (Fsp3) is 0.538. The molecule has 0 heterocycles. The summed E-state index contributed by atoms with van der Waals surface area (Å²) in [5, 5.41) is 1.33. The van der Waals surface area contributed by atoms with Crippen LogP contribution >= 0.6 is 23.2 Å². The Morgan fingerprint density at radius 2 is 1.82 bits per heavy atom. The number of nitrogens with zero attached hydrogens (tertiary/aromatic N) is 1. The second kappa shape index (κ2) is 6.05. The van der Waals surface area contributed by atoms with Gasteiger partial charge in [-0.3, -0.25) is 4.90 Å². The molecule has 0 spiro atoms. The molecule has 17 heavy (non-hydrogen) atoms. The Balaban J connectivity index is 2.89. The van der Waals surface area contributed by atoms with E-state index >= 15 is 0 Å². The van der Waals surface area contributed by atoms with Gasteiger partial charge in [0.25, 0.3) is 0 Å². The lowest BCUT2D eigenvalue weighted by Gasteiger charge is -2.37. The van der Waals surface area contributed by atoms with Crippen molar-refractivity contribution in [1.29, 1.82) is 0 Å². The van der Waals surface area contributed by atoms with Gasteiger partial charge in [-0.05, 0) is 37.7 Å². The fourth-order valence-corrected chi connectivity index (χ4v) is 2.58. The number of hydrogen-bond acceptors (Lipinski definition) is 2. The van der Waals surface area contributed by atoms with Crippen molar-refractivity contribution in [3.05, 3.63) is 33.8 Å². The molecule has 0 aliphatic heterocycles. The zero-order valence-corrected chi connectivity index (χ0v) is 12.1. The summed E-state index contributed by atoms with van der Waals surface area (Å²) in [7, 11) is 0. The van der Waals surface area contributed by atoms with Gasteiger partial charge in [0.15, 0.2) is 0 Å². The highest BCUT2D eigenvalue weighted by molar-refractivity contribution is 6.35. The van der Waals surface area contributed by atoms with Gasteiger partial charge in [-0.1, -0.05) is 43.1 Å². The van der Waals surface area contributed by atoms with Crippen molar-refractivity contribution >= 4 is 23.2 Å². The van der Waals surface area contributed by atoms with E-state index in [-0.39, 0.29) is 5.66 Å². The Morgan fingerprint density at radius 1 is 1.24 bits per heavy atom. The van der Waals surface area contributed by atoms with Gasteiger partial charge < -0.3 is 5.73 Å². The molecule has 0 radical (unpaired) electrons. The molecule has 96 valence electrons. The first kappa shape index (κ1) is 14.8. The molecule has 0 bridgehead atoms. The molecule has 1 atom stereocenters. The van der Waals surface area contributed by atoms with E-state index in [9.17, 15) is 0 Å². The van der Waals surface area contributed by atoms with E-state index in [0.717, 1.165) is 18.7 Å². The molecule has 0 aliphatic rings. The van der Waals surface area contributed by atoms with Crippen LogP contribution in [-0.4, -0.2) is 23.7 Å². The average Bonchev–Trinajstić information content (AvgIpc) is 2.23. The first-order valence-electron chi connectivity index (χ1n) is 5.88. The minimum atomic E-state index is -0.388. The molecule has 1 aromatic rings. The van der Waals surface area contributed by atoms with Crippen LogP contribution in [0.25, 0.3) is 0 Å². The molecule has 2 nitrogen and oxygen atoms in total. The molecule has 0 fully saturated rings. The summed E-state index contributed by atoms with van der Waals surface area (Å²) in [6.07, 6.45) is 0.713. The highest BCUT2D eigenvalue weighted by Gasteiger charge is 2.26. The number of nitrogens with two attached hydrogens (primary N) is 1. The molecular weight excluding hydrogens is 255 g/mol. The van der Waals surface area contributed by atoms with Crippen molar-refractivity contribution in [2.45, 2.75) is 32.9 Å². The SMILES string of the molecule is CCN(CC)C(C)(N)Cc1ccc(Cl)cc1Cl. The zero-order valence-electron chi connectivity index (χ0n) is 10.6. The predicted molar refractivity (Wildman–Crippen MR) is 75.7 cm³/mol. The third kappa shape index (κ3) is 3.85. The third-order valence-electron chi connectivity index (χ3n) is 3.05. The van der Waals surface area contributed by atoms with Gasteiger partial charge in [-0.15, -0.1) is 0 Å². The number of rotatable bonds is 5. The molecule has 0 aliphatic carbocycles. The maximum atomic E-state index is 6.36. The second-order valence-corrected chi connectivity index (χ2v) is 5.29. The van der Waals surface area contributed by atoms with E-state index in [0.29, 0.717) is 16.5 Å². The smallest absolute Gasteiger partial charge is 0.0699 e. The van der Waals surface area contributed by atoms with Crippen LogP contribution in [0.5, 0.6) is 0 Å². The topological polar surface area (TPSA) is 29.3 Å². The average molecular weight is 275 g/mol. The number of likely N-dealkylation sites (N-methyl/N-ethyl adjacent to an activating group) is 1. The summed E-state index contributed by atoms with van der Waals surface area (Å²) in [4.78, 5) is 2.22. The lowest BCUT2D eigenvalue weighted by atomic mass is 10.0. The maximum Gasteiger partial charge on any atom is 0.0699 e. The molecular formula is C13H20Cl2N2. The Morgan fingerprint density at radius 3 is 2.29 bits per heavy atom. The molecule has 2 N–H and O–H groups in total. The molecule has 4 heteroatoms. The first-order chi connectivity index (χ1) is 7.90. The molecule has 1 aromatic carbocycles. The van der Waals surface area contributed by atoms with Gasteiger partial charge >= 0.3 is 0 Å². The highest BCUT2D eigenvalue weighted by Crippen LogP contribution is 2.25. The van der Waals surface area contributed by atoms with Crippen molar-refractivity contribution < 1.29 is 0 Å². The van der Waals surface area contributed by atoms with E-state index in [2.05, 4.69) is 18.7 Å². The van der Waals surface area contributed by atoms with E-state index in [1.54, 1.807) is 6.07 Å². The molecule has 0 aromatic heterocycles. The summed E-state index contributed by atoms with van der Waals surface area (Å²) in [5.74, 6) is 0. The van der Waals surface area contributed by atoms with Crippen LogP contribution in [0, 0.1) is 0 Å². The normalized spacial score (nSPS) is 15.0. The summed E-state index contributed by atoms with van der Waals surface area (Å²) < 4.78 is 0. The van der Waals surface area contributed by atoms with Crippen LogP contribution in [0.2, 0.25) is 10.0 Å². The zero-order chi connectivity index (χ0) is 13.1. The van der Waals surface area contributed by atoms with Crippen molar-refractivity contribution in [3.63, 3.8) is 0 Å². The lowest BCUT2D eigenvalue weighted by molar-refractivity contribution is 0.123. The van der Waals surface area contributed by atoms with Crippen molar-refractivity contribution in [2.75, 3.05) is 13.1 Å². The Kier molecular flexibility index (Phi) is 5.26. The van der Waals surface area contributed by atoms with Gasteiger partial charge in [0, 0.05) is 16.5 Å². The summed E-state index contributed by atoms with van der Waals surface area (Å²) in [6.45, 7) is 8.10. The molecule has 0 saturated carbocycles. The molecule has 0 saturated heterocycles. The number of halogens is 2. The quantitative estimate of drug-likeness (QED) is 0.833. The number of benzene rings is 1. The summed E-state index contributed by atoms with van der Waals surface area (Å²) >= 11 is 12.0. The van der Waals surface area contributed by atoms with Crippen LogP contribution in [-0.2, 0) is 6.42 Å². The van der Waals surface area contributed by atoms with Gasteiger partial charge in [0.2, 0.25) is 0 Å². The summed E-state index contributed by atoms with van der Waals surface area (Å²) in [6, 6.07) is 5.55. The van der Waals surface area contributed by atoms with Gasteiger partial charge in [-0.2, -0.15) is 0 Å². The Bertz CT molecular complexity index is 374. The van der Waals surface area contributed by atoms with Gasteiger partial charge in [0.1, 0.15) is 0 Å². The monoisotopic (exact) mass is 274 g/mol. The molecule has 1 unspecified atom stereocenters. The molecule has 0 amide bonds. The lowest BCUT2D eigenvalue weighted by Crippen LogP contribution is -2.55. The maximum absolute atomic E-state index is 6.36. The summed E-state index contributed by atoms with van der Waals surface area (Å²) in [5.41, 5.74) is 7.00. The highest BCUT2D eigenvalue weighted by atomic mass is 35.5. The Hall–Kier alpha value is -0.280. The first-order valence-corrected chi connectivity index (χ1v) is 6.64. The van der Waals surface area contributed by atoms with Crippen LogP contribution in [0.3, 0.4) is 0 Å². The minimum absolute atomic E-state index is 0.388. The second-order valence-electron chi connectivity index (χ2n) is 4.44.